The van der Waals surface area contributed by atoms with Crippen molar-refractivity contribution < 1.29 is 4.74 Å². The lowest BCUT2D eigenvalue weighted by atomic mass is 10.3. The minimum atomic E-state index is 0.584. The van der Waals surface area contributed by atoms with Crippen LogP contribution in [-0.4, -0.2) is 33.7 Å². The zero-order valence-corrected chi connectivity index (χ0v) is 13.7. The van der Waals surface area contributed by atoms with Crippen molar-refractivity contribution in [3.05, 3.63) is 34.6 Å². The van der Waals surface area contributed by atoms with Crippen LogP contribution in [0, 0.1) is 6.92 Å². The van der Waals surface area contributed by atoms with Gasteiger partial charge < -0.3 is 15.0 Å². The average Bonchev–Trinajstić information content (AvgIpc) is 2.77. The van der Waals surface area contributed by atoms with Crippen molar-refractivity contribution in [2.24, 2.45) is 5.73 Å². The van der Waals surface area contributed by atoms with Gasteiger partial charge in [-0.25, -0.2) is 0 Å². The van der Waals surface area contributed by atoms with Crippen molar-refractivity contribution in [2.45, 2.75) is 18.6 Å². The van der Waals surface area contributed by atoms with Gasteiger partial charge in [0.25, 0.3) is 0 Å². The molecule has 0 fully saturated rings. The smallest absolute Gasteiger partial charge is 0.191 e. The number of nitrogens with two attached hydrogens (primary N) is 1. The number of halogens is 1. The molecule has 108 valence electrons. The summed E-state index contributed by atoms with van der Waals surface area (Å²) in [5.74, 6) is 2.57. The molecule has 1 heterocycles. The van der Waals surface area contributed by atoms with Crippen LogP contribution in [-0.2, 0) is 6.54 Å². The number of aromatic nitrogens is 3. The monoisotopic (exact) mass is 356 g/mol. The number of hydrogen-bond acceptors (Lipinski definition) is 5. The van der Waals surface area contributed by atoms with Crippen molar-refractivity contribution in [1.29, 1.82) is 0 Å². The topological polar surface area (TPSA) is 66.0 Å². The van der Waals surface area contributed by atoms with Gasteiger partial charge in [-0.2, -0.15) is 0 Å². The number of nitrogens with zero attached hydrogens (tertiary/aromatic N) is 3. The summed E-state index contributed by atoms with van der Waals surface area (Å²) in [6.07, 6.45) is 0. The summed E-state index contributed by atoms with van der Waals surface area (Å²) in [4.78, 5) is 0. The van der Waals surface area contributed by atoms with Crippen LogP contribution in [0.25, 0.3) is 0 Å². The van der Waals surface area contributed by atoms with Gasteiger partial charge in [-0.15, -0.1) is 10.2 Å². The number of benzene rings is 1. The summed E-state index contributed by atoms with van der Waals surface area (Å²) >= 11 is 5.05. The van der Waals surface area contributed by atoms with Crippen LogP contribution in [0.3, 0.4) is 0 Å². The van der Waals surface area contributed by atoms with Gasteiger partial charge in [-0.05, 0) is 25.1 Å². The third kappa shape index (κ3) is 4.22. The van der Waals surface area contributed by atoms with E-state index in [9.17, 15) is 0 Å². The van der Waals surface area contributed by atoms with Gasteiger partial charge in [0.15, 0.2) is 5.16 Å². The SMILES string of the molecule is Cc1nnc(SCCOc2cccc(Br)c2)n1CCN. The number of thioether (sulfide) groups is 1. The Labute approximate surface area is 131 Å². The predicted octanol–water partition coefficient (Wildman–Crippen LogP) is 2.48. The molecule has 0 saturated heterocycles. The average molecular weight is 357 g/mol. The fourth-order valence-corrected chi connectivity index (χ4v) is 2.91. The standard InChI is InChI=1S/C13H17BrN4OS/c1-10-16-17-13(18(10)6-5-15)20-8-7-19-12-4-2-3-11(14)9-12/h2-4,9H,5-8,15H2,1H3. The van der Waals surface area contributed by atoms with Gasteiger partial charge in [0.1, 0.15) is 11.6 Å². The molecule has 0 bridgehead atoms. The van der Waals surface area contributed by atoms with Gasteiger partial charge in [-0.1, -0.05) is 33.8 Å². The van der Waals surface area contributed by atoms with E-state index in [1.807, 2.05) is 35.8 Å². The summed E-state index contributed by atoms with van der Waals surface area (Å²) in [5, 5.41) is 9.12. The number of hydrogen-bond donors (Lipinski definition) is 1. The van der Waals surface area contributed by atoms with E-state index in [1.165, 1.54) is 0 Å². The summed E-state index contributed by atoms with van der Waals surface area (Å²) in [6, 6.07) is 7.82. The molecule has 0 atom stereocenters. The van der Waals surface area contributed by atoms with Crippen molar-refractivity contribution in [3.8, 4) is 5.75 Å². The molecule has 2 aromatic rings. The molecule has 0 aliphatic heterocycles. The fraction of sp³-hybridized carbons (Fsp3) is 0.385. The molecule has 0 unspecified atom stereocenters. The maximum absolute atomic E-state index is 5.68. The van der Waals surface area contributed by atoms with E-state index in [1.54, 1.807) is 11.8 Å². The molecule has 20 heavy (non-hydrogen) atoms. The Balaban J connectivity index is 1.81. The van der Waals surface area contributed by atoms with Crippen LogP contribution in [0.2, 0.25) is 0 Å². The highest BCUT2D eigenvalue weighted by Gasteiger charge is 2.08. The molecule has 0 radical (unpaired) electrons. The van der Waals surface area contributed by atoms with E-state index >= 15 is 0 Å². The molecule has 5 nitrogen and oxygen atoms in total. The van der Waals surface area contributed by atoms with Gasteiger partial charge in [0, 0.05) is 23.3 Å². The zero-order valence-electron chi connectivity index (χ0n) is 11.3. The number of aryl methyl sites for hydroxylation is 1. The van der Waals surface area contributed by atoms with Gasteiger partial charge in [-0.3, -0.25) is 0 Å². The fourth-order valence-electron chi connectivity index (χ4n) is 1.70. The van der Waals surface area contributed by atoms with Gasteiger partial charge in [0.05, 0.1) is 6.61 Å². The van der Waals surface area contributed by atoms with Crippen molar-refractivity contribution in [1.82, 2.24) is 14.8 Å². The Morgan fingerprint density at radius 3 is 3.00 bits per heavy atom. The first kappa shape index (κ1) is 15.3. The van der Waals surface area contributed by atoms with Crippen LogP contribution in [0.5, 0.6) is 5.75 Å². The molecule has 2 rings (SSSR count). The Morgan fingerprint density at radius 2 is 2.25 bits per heavy atom. The highest BCUT2D eigenvalue weighted by atomic mass is 79.9. The Hall–Kier alpha value is -1.05. The lowest BCUT2D eigenvalue weighted by molar-refractivity contribution is 0.343. The molecule has 0 saturated carbocycles. The molecular formula is C13H17BrN4OS. The minimum Gasteiger partial charge on any atom is -0.493 e. The normalized spacial score (nSPS) is 10.8. The van der Waals surface area contributed by atoms with Gasteiger partial charge in [0.2, 0.25) is 0 Å². The molecule has 0 aliphatic rings. The van der Waals surface area contributed by atoms with E-state index in [-0.39, 0.29) is 0 Å². The quantitative estimate of drug-likeness (QED) is 0.609. The first-order valence-corrected chi connectivity index (χ1v) is 8.09. The van der Waals surface area contributed by atoms with Crippen molar-refractivity contribution in [3.63, 3.8) is 0 Å². The molecule has 0 aliphatic carbocycles. The van der Waals surface area contributed by atoms with E-state index in [4.69, 9.17) is 10.5 Å². The number of rotatable bonds is 7. The maximum atomic E-state index is 5.68. The lowest BCUT2D eigenvalue weighted by Crippen LogP contribution is -2.12. The van der Waals surface area contributed by atoms with E-state index < -0.39 is 0 Å². The van der Waals surface area contributed by atoms with E-state index in [2.05, 4.69) is 26.1 Å². The second-order valence-electron chi connectivity index (χ2n) is 4.12. The summed E-state index contributed by atoms with van der Waals surface area (Å²) in [7, 11) is 0. The maximum Gasteiger partial charge on any atom is 0.191 e. The molecule has 1 aromatic heterocycles. The van der Waals surface area contributed by atoms with Crippen LogP contribution in [0.15, 0.2) is 33.9 Å². The highest BCUT2D eigenvalue weighted by Crippen LogP contribution is 2.19. The number of ether oxygens (including phenoxy) is 1. The second-order valence-corrected chi connectivity index (χ2v) is 6.10. The van der Waals surface area contributed by atoms with Crippen LogP contribution in [0.4, 0.5) is 0 Å². The van der Waals surface area contributed by atoms with Crippen molar-refractivity contribution >= 4 is 27.7 Å². The van der Waals surface area contributed by atoms with E-state index in [0.717, 1.165) is 33.5 Å². The Bertz CT molecular complexity index is 561. The highest BCUT2D eigenvalue weighted by molar-refractivity contribution is 9.10. The van der Waals surface area contributed by atoms with Crippen LogP contribution >= 0.6 is 27.7 Å². The second kappa shape index (κ2) is 7.66. The largest absolute Gasteiger partial charge is 0.493 e. The summed E-state index contributed by atoms with van der Waals surface area (Å²) in [6.45, 7) is 3.88. The molecule has 2 N–H and O–H groups in total. The lowest BCUT2D eigenvalue weighted by Gasteiger charge is -2.08. The van der Waals surface area contributed by atoms with Crippen LogP contribution in [0.1, 0.15) is 5.82 Å². The third-order valence-corrected chi connectivity index (χ3v) is 4.06. The molecular weight excluding hydrogens is 340 g/mol. The molecule has 0 spiro atoms. The Kier molecular flexibility index (Phi) is 5.87. The predicted molar refractivity (Wildman–Crippen MR) is 84.2 cm³/mol. The first-order chi connectivity index (χ1) is 9.70. The molecule has 7 heteroatoms. The van der Waals surface area contributed by atoms with Gasteiger partial charge >= 0.3 is 0 Å². The summed E-state index contributed by atoms with van der Waals surface area (Å²) in [5.41, 5.74) is 5.59. The third-order valence-electron chi connectivity index (χ3n) is 2.63. The Morgan fingerprint density at radius 1 is 1.40 bits per heavy atom. The van der Waals surface area contributed by atoms with Crippen LogP contribution < -0.4 is 10.5 Å². The van der Waals surface area contributed by atoms with E-state index in [0.29, 0.717) is 13.2 Å². The zero-order chi connectivity index (χ0) is 14.4. The minimum absolute atomic E-state index is 0.584. The molecule has 0 amide bonds. The first-order valence-electron chi connectivity index (χ1n) is 6.31. The summed E-state index contributed by atoms with van der Waals surface area (Å²) < 4.78 is 8.73. The molecule has 1 aromatic carbocycles. The van der Waals surface area contributed by atoms with Crippen molar-refractivity contribution in [2.75, 3.05) is 18.9 Å².